The fraction of sp³-hybridized carbons (Fsp3) is 0.667. The van der Waals surface area contributed by atoms with E-state index in [1.54, 1.807) is 0 Å². The topological polar surface area (TPSA) is 47.3 Å². The van der Waals surface area contributed by atoms with E-state index in [9.17, 15) is 0 Å². The van der Waals surface area contributed by atoms with Crippen LogP contribution in [0.2, 0.25) is 0 Å². The van der Waals surface area contributed by atoms with E-state index in [2.05, 4.69) is 29.7 Å². The van der Waals surface area contributed by atoms with Crippen molar-refractivity contribution in [2.45, 2.75) is 63.5 Å². The molecular weight excluding hydrogens is 260 g/mol. The fourth-order valence-corrected chi connectivity index (χ4v) is 4.01. The molecule has 0 radical (unpaired) electrons. The van der Waals surface area contributed by atoms with Crippen molar-refractivity contribution in [3.05, 3.63) is 35.4 Å². The van der Waals surface area contributed by atoms with Gasteiger partial charge in [0.25, 0.3) is 0 Å². The van der Waals surface area contributed by atoms with Crippen molar-refractivity contribution in [3.63, 3.8) is 0 Å². The van der Waals surface area contributed by atoms with Crippen LogP contribution >= 0.6 is 0 Å². The summed E-state index contributed by atoms with van der Waals surface area (Å²) >= 11 is 0. The number of hydrazine groups is 1. The first-order valence-corrected chi connectivity index (χ1v) is 8.54. The van der Waals surface area contributed by atoms with Crippen molar-refractivity contribution in [1.82, 2.24) is 5.43 Å². The summed E-state index contributed by atoms with van der Waals surface area (Å²) in [6, 6.07) is 9.09. The molecule has 21 heavy (non-hydrogen) atoms. The van der Waals surface area contributed by atoms with E-state index in [0.29, 0.717) is 12.0 Å². The SMILES string of the molecule is NNC(CC1OCCc2ccccc21)C1CCCCCC1. The molecule has 3 rings (SSSR count). The molecule has 1 aliphatic carbocycles. The molecule has 3 nitrogen and oxygen atoms in total. The molecule has 1 aromatic rings. The van der Waals surface area contributed by atoms with Gasteiger partial charge in [-0.3, -0.25) is 11.3 Å². The predicted octanol–water partition coefficient (Wildman–Crippen LogP) is 3.49. The molecule has 0 saturated heterocycles. The van der Waals surface area contributed by atoms with E-state index in [1.807, 2.05) is 0 Å². The summed E-state index contributed by atoms with van der Waals surface area (Å²) in [6.45, 7) is 0.837. The Kier molecular flexibility index (Phi) is 5.28. The molecule has 116 valence electrons. The Morgan fingerprint density at radius 2 is 1.90 bits per heavy atom. The third kappa shape index (κ3) is 3.65. The third-order valence-electron chi connectivity index (χ3n) is 5.24. The highest BCUT2D eigenvalue weighted by Gasteiger charge is 2.28. The molecule has 3 heteroatoms. The molecule has 1 aromatic carbocycles. The summed E-state index contributed by atoms with van der Waals surface area (Å²) < 4.78 is 6.06. The summed E-state index contributed by atoms with van der Waals surface area (Å²) in [7, 11) is 0. The number of rotatable bonds is 4. The lowest BCUT2D eigenvalue weighted by molar-refractivity contribution is 0.0235. The van der Waals surface area contributed by atoms with Gasteiger partial charge in [-0.05, 0) is 42.7 Å². The lowest BCUT2D eigenvalue weighted by Gasteiger charge is -2.32. The van der Waals surface area contributed by atoms with E-state index in [-0.39, 0.29) is 6.10 Å². The molecule has 0 amide bonds. The van der Waals surface area contributed by atoms with E-state index in [0.717, 1.165) is 19.4 Å². The summed E-state index contributed by atoms with van der Waals surface area (Å²) in [5, 5.41) is 0. The zero-order valence-corrected chi connectivity index (χ0v) is 12.9. The molecule has 0 aromatic heterocycles. The molecule has 0 spiro atoms. The van der Waals surface area contributed by atoms with E-state index in [4.69, 9.17) is 10.6 Å². The van der Waals surface area contributed by atoms with Crippen molar-refractivity contribution in [3.8, 4) is 0 Å². The second-order valence-corrected chi connectivity index (χ2v) is 6.57. The van der Waals surface area contributed by atoms with Gasteiger partial charge in [0.15, 0.2) is 0 Å². The van der Waals surface area contributed by atoms with Gasteiger partial charge >= 0.3 is 0 Å². The zero-order valence-electron chi connectivity index (χ0n) is 12.9. The first-order chi connectivity index (χ1) is 10.4. The standard InChI is InChI=1S/C18H28N2O/c19-20-17(15-8-3-1-2-4-9-15)13-18-16-10-6-5-7-14(16)11-12-21-18/h5-7,10,15,17-18,20H,1-4,8-9,11-13,19H2. The Bertz CT molecular complexity index is 441. The highest BCUT2D eigenvalue weighted by atomic mass is 16.5. The van der Waals surface area contributed by atoms with Crippen molar-refractivity contribution in [2.24, 2.45) is 11.8 Å². The molecule has 2 atom stereocenters. The average Bonchev–Trinajstić information content (AvgIpc) is 2.82. The third-order valence-corrected chi connectivity index (χ3v) is 5.24. The Morgan fingerprint density at radius 3 is 2.67 bits per heavy atom. The maximum absolute atomic E-state index is 6.06. The van der Waals surface area contributed by atoms with Gasteiger partial charge in [0, 0.05) is 6.04 Å². The van der Waals surface area contributed by atoms with Crippen LogP contribution in [0.25, 0.3) is 0 Å². The van der Waals surface area contributed by atoms with Crippen LogP contribution in [0.5, 0.6) is 0 Å². The van der Waals surface area contributed by atoms with Gasteiger partial charge in [0.05, 0.1) is 12.7 Å². The molecule has 2 unspecified atom stereocenters. The van der Waals surface area contributed by atoms with Crippen LogP contribution in [0.15, 0.2) is 24.3 Å². The maximum atomic E-state index is 6.06. The Labute approximate surface area is 128 Å². The molecule has 3 N–H and O–H groups in total. The molecule has 0 bridgehead atoms. The van der Waals surface area contributed by atoms with Crippen molar-refractivity contribution in [1.29, 1.82) is 0 Å². The van der Waals surface area contributed by atoms with Crippen LogP contribution in [0.4, 0.5) is 0 Å². The first-order valence-electron chi connectivity index (χ1n) is 8.54. The van der Waals surface area contributed by atoms with Crippen LogP contribution in [0.3, 0.4) is 0 Å². The highest BCUT2D eigenvalue weighted by molar-refractivity contribution is 5.31. The molecule has 1 fully saturated rings. The summed E-state index contributed by atoms with van der Waals surface area (Å²) in [5.74, 6) is 6.59. The van der Waals surface area contributed by atoms with Crippen LogP contribution in [-0.4, -0.2) is 12.6 Å². The van der Waals surface area contributed by atoms with Crippen LogP contribution in [0, 0.1) is 5.92 Å². The normalized spacial score (nSPS) is 25.1. The van der Waals surface area contributed by atoms with Gasteiger partial charge in [-0.2, -0.15) is 0 Å². The maximum Gasteiger partial charge on any atom is 0.0843 e. The zero-order chi connectivity index (χ0) is 14.5. The van der Waals surface area contributed by atoms with Crippen molar-refractivity contribution < 1.29 is 4.74 Å². The van der Waals surface area contributed by atoms with Crippen LogP contribution < -0.4 is 11.3 Å². The number of benzene rings is 1. The highest BCUT2D eigenvalue weighted by Crippen LogP contribution is 2.34. The first kappa shape index (κ1) is 15.0. The lowest BCUT2D eigenvalue weighted by Crippen LogP contribution is -2.42. The quantitative estimate of drug-likeness (QED) is 0.506. The van der Waals surface area contributed by atoms with Crippen LogP contribution in [0.1, 0.15) is 62.2 Å². The van der Waals surface area contributed by atoms with E-state index in [1.165, 1.54) is 49.7 Å². The molecule has 2 aliphatic rings. The summed E-state index contributed by atoms with van der Waals surface area (Å²) in [6.07, 6.45) is 10.3. The van der Waals surface area contributed by atoms with E-state index >= 15 is 0 Å². The molecule has 1 heterocycles. The Hall–Kier alpha value is -0.900. The van der Waals surface area contributed by atoms with Gasteiger partial charge in [-0.15, -0.1) is 0 Å². The van der Waals surface area contributed by atoms with Gasteiger partial charge in [-0.1, -0.05) is 49.9 Å². The van der Waals surface area contributed by atoms with Gasteiger partial charge in [0.2, 0.25) is 0 Å². The number of nitrogens with one attached hydrogen (secondary N) is 1. The summed E-state index contributed by atoms with van der Waals surface area (Å²) in [5.41, 5.74) is 5.92. The van der Waals surface area contributed by atoms with Crippen LogP contribution in [-0.2, 0) is 11.2 Å². The summed E-state index contributed by atoms with van der Waals surface area (Å²) in [4.78, 5) is 0. The number of hydrogen-bond acceptors (Lipinski definition) is 3. The monoisotopic (exact) mass is 288 g/mol. The van der Waals surface area contributed by atoms with Crippen molar-refractivity contribution in [2.75, 3.05) is 6.61 Å². The molecular formula is C18H28N2O. The fourth-order valence-electron chi connectivity index (χ4n) is 4.01. The Balaban J connectivity index is 1.69. The smallest absolute Gasteiger partial charge is 0.0843 e. The second kappa shape index (κ2) is 7.39. The largest absolute Gasteiger partial charge is 0.373 e. The predicted molar refractivity (Wildman–Crippen MR) is 85.8 cm³/mol. The molecule has 1 saturated carbocycles. The minimum absolute atomic E-state index is 0.208. The Morgan fingerprint density at radius 1 is 1.14 bits per heavy atom. The number of ether oxygens (including phenoxy) is 1. The van der Waals surface area contributed by atoms with Gasteiger partial charge < -0.3 is 4.74 Å². The van der Waals surface area contributed by atoms with Gasteiger partial charge in [0.1, 0.15) is 0 Å². The number of nitrogens with two attached hydrogens (primary N) is 1. The van der Waals surface area contributed by atoms with Gasteiger partial charge in [-0.25, -0.2) is 0 Å². The number of fused-ring (bicyclic) bond motifs is 1. The minimum Gasteiger partial charge on any atom is -0.373 e. The minimum atomic E-state index is 0.208. The van der Waals surface area contributed by atoms with Crippen molar-refractivity contribution >= 4 is 0 Å². The molecule has 1 aliphatic heterocycles. The lowest BCUT2D eigenvalue weighted by atomic mass is 9.85. The average molecular weight is 288 g/mol. The number of hydrogen-bond donors (Lipinski definition) is 2. The second-order valence-electron chi connectivity index (χ2n) is 6.57. The van der Waals surface area contributed by atoms with E-state index < -0.39 is 0 Å².